The van der Waals surface area contributed by atoms with Crippen LogP contribution in [0.3, 0.4) is 0 Å². The number of H-pyrrole nitrogens is 1. The number of halogens is 6. The maximum Gasteiger partial charge on any atom is 0.200 e. The number of benzene rings is 3. The van der Waals surface area contributed by atoms with Gasteiger partial charge in [0.05, 0.1) is 10.5 Å². The lowest BCUT2D eigenvalue weighted by molar-refractivity contribution is 0.371. The zero-order valence-electron chi connectivity index (χ0n) is 14.5. The molecular weight excluding hydrogens is 413 g/mol. The largest absolute Gasteiger partial charge is 0.364 e. The summed E-state index contributed by atoms with van der Waals surface area (Å²) in [4.78, 5) is 0. The molecule has 3 aromatic carbocycles. The van der Waals surface area contributed by atoms with Crippen LogP contribution in [0.15, 0.2) is 42.5 Å². The molecule has 1 heterocycles. The van der Waals surface area contributed by atoms with Crippen molar-refractivity contribution in [1.82, 2.24) is 10.2 Å². The van der Waals surface area contributed by atoms with Crippen LogP contribution in [0.2, 0.25) is 5.02 Å². The molecule has 4 rings (SSSR count). The summed E-state index contributed by atoms with van der Waals surface area (Å²) < 4.78 is 67.7. The topological polar surface area (TPSA) is 40.7 Å². The van der Waals surface area contributed by atoms with Gasteiger partial charge in [-0.05, 0) is 17.7 Å². The lowest BCUT2D eigenvalue weighted by Gasteiger charge is -2.10. The van der Waals surface area contributed by atoms with Gasteiger partial charge in [0.1, 0.15) is 0 Å². The second-order valence-electron chi connectivity index (χ2n) is 6.22. The fourth-order valence-electron chi connectivity index (χ4n) is 2.99. The summed E-state index contributed by atoms with van der Waals surface area (Å²) in [6.07, 6.45) is 0. The third-order valence-electron chi connectivity index (χ3n) is 4.47. The van der Waals surface area contributed by atoms with E-state index < -0.39 is 41.2 Å². The van der Waals surface area contributed by atoms with Gasteiger partial charge in [-0.2, -0.15) is 5.10 Å². The van der Waals surface area contributed by atoms with Crippen LogP contribution in [0.1, 0.15) is 5.56 Å². The highest BCUT2D eigenvalue weighted by molar-refractivity contribution is 6.34. The van der Waals surface area contributed by atoms with Gasteiger partial charge in [-0.1, -0.05) is 41.9 Å². The van der Waals surface area contributed by atoms with Crippen LogP contribution in [0.25, 0.3) is 22.0 Å². The molecule has 0 amide bonds. The number of nitrogens with one attached hydrogen (secondary N) is 2. The van der Waals surface area contributed by atoms with Gasteiger partial charge in [0, 0.05) is 23.1 Å². The number of rotatable bonds is 4. The van der Waals surface area contributed by atoms with Gasteiger partial charge in [-0.25, -0.2) is 22.0 Å². The van der Waals surface area contributed by atoms with Crippen molar-refractivity contribution < 1.29 is 22.0 Å². The highest BCUT2D eigenvalue weighted by Crippen LogP contribution is 2.34. The van der Waals surface area contributed by atoms with Gasteiger partial charge in [0.25, 0.3) is 0 Å². The Balaban J connectivity index is 1.72. The van der Waals surface area contributed by atoms with E-state index in [1.165, 1.54) is 0 Å². The minimum absolute atomic E-state index is 0.179. The number of aromatic amines is 1. The van der Waals surface area contributed by atoms with Crippen molar-refractivity contribution in [1.29, 1.82) is 0 Å². The van der Waals surface area contributed by atoms with Crippen molar-refractivity contribution in [2.24, 2.45) is 0 Å². The van der Waals surface area contributed by atoms with Crippen LogP contribution >= 0.6 is 11.6 Å². The molecule has 0 aliphatic heterocycles. The number of hydrogen-bond acceptors (Lipinski definition) is 2. The van der Waals surface area contributed by atoms with Crippen molar-refractivity contribution in [3.05, 3.63) is 82.1 Å². The fraction of sp³-hybridized carbons (Fsp3) is 0.0500. The Kier molecular flexibility index (Phi) is 4.87. The summed E-state index contributed by atoms with van der Waals surface area (Å²) in [7, 11) is 0. The number of hydrogen-bond donors (Lipinski definition) is 2. The molecule has 0 saturated heterocycles. The average Bonchev–Trinajstić information content (AvgIpc) is 3.12. The van der Waals surface area contributed by atoms with Gasteiger partial charge in [-0.3, -0.25) is 5.10 Å². The van der Waals surface area contributed by atoms with Crippen molar-refractivity contribution >= 4 is 28.3 Å². The average molecular weight is 424 g/mol. The second kappa shape index (κ2) is 7.36. The molecule has 0 spiro atoms. The molecule has 148 valence electrons. The van der Waals surface area contributed by atoms with E-state index in [4.69, 9.17) is 11.6 Å². The van der Waals surface area contributed by atoms with Gasteiger partial charge < -0.3 is 5.32 Å². The monoisotopic (exact) mass is 423 g/mol. The molecule has 0 atom stereocenters. The summed E-state index contributed by atoms with van der Waals surface area (Å²) >= 11 is 6.32. The van der Waals surface area contributed by atoms with Gasteiger partial charge in [-0.15, -0.1) is 0 Å². The Bertz CT molecular complexity index is 1200. The summed E-state index contributed by atoms with van der Waals surface area (Å²) in [5, 5.41) is 10.3. The quantitative estimate of drug-likeness (QED) is 0.233. The van der Waals surface area contributed by atoms with Crippen LogP contribution < -0.4 is 5.32 Å². The Hall–Kier alpha value is -3.13. The van der Waals surface area contributed by atoms with Crippen LogP contribution in [0, 0.1) is 29.1 Å². The Labute approximate surface area is 166 Å². The first kappa shape index (κ1) is 19.2. The Morgan fingerprint density at radius 3 is 2.14 bits per heavy atom. The molecule has 3 nitrogen and oxygen atoms in total. The smallest absolute Gasteiger partial charge is 0.200 e. The van der Waals surface area contributed by atoms with E-state index in [0.29, 0.717) is 21.5 Å². The minimum Gasteiger partial charge on any atom is -0.364 e. The minimum atomic E-state index is -2.20. The lowest BCUT2D eigenvalue weighted by atomic mass is 10.0. The molecule has 9 heteroatoms. The maximum atomic E-state index is 13.9. The van der Waals surface area contributed by atoms with E-state index in [0.717, 1.165) is 5.56 Å². The molecule has 0 fully saturated rings. The summed E-state index contributed by atoms with van der Waals surface area (Å²) in [6.45, 7) is -0.658. The van der Waals surface area contributed by atoms with Crippen molar-refractivity contribution in [2.45, 2.75) is 6.54 Å². The highest BCUT2D eigenvalue weighted by atomic mass is 35.5. The molecule has 29 heavy (non-hydrogen) atoms. The van der Waals surface area contributed by atoms with Crippen molar-refractivity contribution in [3.8, 4) is 11.1 Å². The molecule has 0 saturated carbocycles. The summed E-state index contributed by atoms with van der Waals surface area (Å²) in [5.41, 5.74) is 1.09. The Morgan fingerprint density at radius 1 is 0.862 bits per heavy atom. The maximum absolute atomic E-state index is 13.9. The molecule has 0 aliphatic rings. The van der Waals surface area contributed by atoms with Gasteiger partial charge in [0.15, 0.2) is 29.1 Å². The van der Waals surface area contributed by atoms with E-state index in [-0.39, 0.29) is 5.82 Å². The molecule has 0 bridgehead atoms. The zero-order chi connectivity index (χ0) is 20.7. The van der Waals surface area contributed by atoms with Gasteiger partial charge in [0.2, 0.25) is 5.82 Å². The highest BCUT2D eigenvalue weighted by Gasteiger charge is 2.25. The predicted octanol–water partition coefficient (Wildman–Crippen LogP) is 6.19. The van der Waals surface area contributed by atoms with E-state index in [1.54, 1.807) is 12.1 Å². The zero-order valence-corrected chi connectivity index (χ0v) is 15.2. The molecule has 0 unspecified atom stereocenters. The normalized spacial score (nSPS) is 11.2. The van der Waals surface area contributed by atoms with Crippen LogP contribution in [0.5, 0.6) is 0 Å². The third-order valence-corrected chi connectivity index (χ3v) is 4.78. The second-order valence-corrected chi connectivity index (χ2v) is 6.63. The summed E-state index contributed by atoms with van der Waals surface area (Å²) in [6, 6.07) is 12.6. The van der Waals surface area contributed by atoms with E-state index in [2.05, 4.69) is 15.5 Å². The first-order chi connectivity index (χ1) is 13.9. The molecule has 1 aromatic heterocycles. The van der Waals surface area contributed by atoms with E-state index >= 15 is 0 Å². The predicted molar refractivity (Wildman–Crippen MR) is 100 cm³/mol. The number of anilines is 1. The van der Waals surface area contributed by atoms with Crippen LogP contribution in [-0.2, 0) is 6.54 Å². The van der Waals surface area contributed by atoms with Crippen LogP contribution in [-0.4, -0.2) is 10.2 Å². The lowest BCUT2D eigenvalue weighted by Crippen LogP contribution is -2.11. The molecule has 2 N–H and O–H groups in total. The van der Waals surface area contributed by atoms with Gasteiger partial charge >= 0.3 is 0 Å². The first-order valence-electron chi connectivity index (χ1n) is 8.35. The standard InChI is InChI=1S/C20H11ClF5N3/c21-13-7-14-11(6-10(13)9-4-2-1-3-5-9)20(29-28-14)27-8-12-15(22)17(24)19(26)18(25)16(12)23/h1-7H,8H2,(H2,27,28,29). The Morgan fingerprint density at radius 2 is 1.48 bits per heavy atom. The number of fused-ring (bicyclic) bond motifs is 1. The van der Waals surface area contributed by atoms with Crippen LogP contribution in [0.4, 0.5) is 27.8 Å². The summed E-state index contributed by atoms with van der Waals surface area (Å²) in [5.74, 6) is -9.78. The van der Waals surface area contributed by atoms with E-state index in [9.17, 15) is 22.0 Å². The number of nitrogens with zero attached hydrogens (tertiary/aromatic N) is 1. The fourth-order valence-corrected chi connectivity index (χ4v) is 3.26. The SMILES string of the molecule is Fc1c(F)c(F)c(CNc2n[nH]c3cc(Cl)c(-c4ccccc4)cc23)c(F)c1F. The molecule has 4 aromatic rings. The molecule has 0 radical (unpaired) electrons. The third kappa shape index (κ3) is 3.29. The molecular formula is C20H11ClF5N3. The van der Waals surface area contributed by atoms with E-state index in [1.807, 2.05) is 30.3 Å². The number of aromatic nitrogens is 2. The van der Waals surface area contributed by atoms with Crippen molar-refractivity contribution in [3.63, 3.8) is 0 Å². The first-order valence-corrected chi connectivity index (χ1v) is 8.73. The molecule has 0 aliphatic carbocycles. The van der Waals surface area contributed by atoms with Crippen molar-refractivity contribution in [2.75, 3.05) is 5.32 Å².